The molecule has 1 saturated heterocycles. The van der Waals surface area contributed by atoms with Gasteiger partial charge in [0.1, 0.15) is 6.61 Å². The fraction of sp³-hybridized carbons (Fsp3) is 0.900. The Bertz CT molecular complexity index is 179. The second-order valence-electron chi connectivity index (χ2n) is 3.61. The molecule has 82 valence electrons. The molecule has 0 N–H and O–H groups in total. The van der Waals surface area contributed by atoms with Crippen molar-refractivity contribution >= 4 is 21.8 Å². The van der Waals surface area contributed by atoms with E-state index in [9.17, 15) is 4.79 Å². The van der Waals surface area contributed by atoms with Gasteiger partial charge in [-0.2, -0.15) is 0 Å². The van der Waals surface area contributed by atoms with Gasteiger partial charge in [-0.05, 0) is 19.3 Å². The van der Waals surface area contributed by atoms with Crippen molar-refractivity contribution in [2.75, 3.05) is 26.3 Å². The number of nitrogens with zero attached hydrogens (tertiary/aromatic N) is 1. The van der Waals surface area contributed by atoms with Crippen molar-refractivity contribution in [2.24, 2.45) is 0 Å². The highest BCUT2D eigenvalue weighted by Crippen LogP contribution is 2.17. The predicted molar refractivity (Wildman–Crippen MR) is 59.6 cm³/mol. The lowest BCUT2D eigenvalue weighted by atomic mass is 10.1. The van der Waals surface area contributed by atoms with Gasteiger partial charge in [-0.15, -0.1) is 0 Å². The molecule has 0 radical (unpaired) electrons. The molecule has 0 unspecified atom stereocenters. The third-order valence-electron chi connectivity index (χ3n) is 2.35. The number of piperidine rings is 1. The van der Waals surface area contributed by atoms with Gasteiger partial charge in [0.15, 0.2) is 0 Å². The van der Waals surface area contributed by atoms with Crippen LogP contribution in [0, 0.1) is 0 Å². The van der Waals surface area contributed by atoms with Gasteiger partial charge in [-0.25, -0.2) is 0 Å². The van der Waals surface area contributed by atoms with Crippen molar-refractivity contribution in [3.8, 4) is 0 Å². The van der Waals surface area contributed by atoms with Crippen LogP contribution in [0.1, 0.15) is 26.2 Å². The molecule has 0 bridgehead atoms. The average Bonchev–Trinajstić information content (AvgIpc) is 2.19. The normalized spacial score (nSPS) is 18.6. The lowest BCUT2D eigenvalue weighted by Gasteiger charge is -2.29. The summed E-state index contributed by atoms with van der Waals surface area (Å²) in [5, 5.41) is 0. The summed E-state index contributed by atoms with van der Waals surface area (Å²) < 4.78 is 5.22. The number of halogens is 1. The van der Waals surface area contributed by atoms with Crippen LogP contribution in [0.25, 0.3) is 0 Å². The van der Waals surface area contributed by atoms with Gasteiger partial charge < -0.3 is 9.64 Å². The topological polar surface area (TPSA) is 29.5 Å². The fourth-order valence-electron chi connectivity index (χ4n) is 1.49. The Morgan fingerprint density at radius 2 is 2.14 bits per heavy atom. The molecule has 1 fully saturated rings. The summed E-state index contributed by atoms with van der Waals surface area (Å²) in [6, 6.07) is 0. The molecule has 0 aliphatic carbocycles. The van der Waals surface area contributed by atoms with Gasteiger partial charge in [0, 0.05) is 24.5 Å². The molecule has 0 aromatic carbocycles. The van der Waals surface area contributed by atoms with Crippen LogP contribution in [0.5, 0.6) is 0 Å². The maximum Gasteiger partial charge on any atom is 0.248 e. The zero-order valence-electron chi connectivity index (χ0n) is 8.67. The van der Waals surface area contributed by atoms with Crippen molar-refractivity contribution < 1.29 is 9.53 Å². The van der Waals surface area contributed by atoms with Crippen molar-refractivity contribution in [1.29, 1.82) is 0 Å². The van der Waals surface area contributed by atoms with E-state index in [0.29, 0.717) is 11.4 Å². The SMILES string of the molecule is CCCOCC(=O)N1CCC(Br)CC1. The third-order valence-corrected chi connectivity index (χ3v) is 3.27. The highest BCUT2D eigenvalue weighted by atomic mass is 79.9. The maximum absolute atomic E-state index is 11.6. The molecule has 1 rings (SSSR count). The van der Waals surface area contributed by atoms with Crippen LogP contribution in [-0.2, 0) is 9.53 Å². The van der Waals surface area contributed by atoms with E-state index in [4.69, 9.17) is 4.74 Å². The number of hydrogen-bond acceptors (Lipinski definition) is 2. The molecular formula is C10H18BrNO2. The molecule has 0 atom stereocenters. The van der Waals surface area contributed by atoms with E-state index in [1.54, 1.807) is 0 Å². The number of likely N-dealkylation sites (tertiary alicyclic amines) is 1. The minimum Gasteiger partial charge on any atom is -0.372 e. The zero-order valence-corrected chi connectivity index (χ0v) is 10.3. The largest absolute Gasteiger partial charge is 0.372 e. The molecular weight excluding hydrogens is 246 g/mol. The number of rotatable bonds is 4. The van der Waals surface area contributed by atoms with Gasteiger partial charge in [-0.1, -0.05) is 22.9 Å². The summed E-state index contributed by atoms with van der Waals surface area (Å²) in [6.45, 7) is 4.71. The van der Waals surface area contributed by atoms with E-state index in [1.165, 1.54) is 0 Å². The minimum atomic E-state index is 0.137. The number of carbonyl (C=O) groups excluding carboxylic acids is 1. The van der Waals surface area contributed by atoms with Crippen molar-refractivity contribution in [2.45, 2.75) is 31.0 Å². The van der Waals surface area contributed by atoms with E-state index < -0.39 is 0 Å². The van der Waals surface area contributed by atoms with Crippen LogP contribution >= 0.6 is 15.9 Å². The lowest BCUT2D eigenvalue weighted by molar-refractivity contribution is -0.136. The first-order valence-corrected chi connectivity index (χ1v) is 6.15. The Morgan fingerprint density at radius 1 is 1.50 bits per heavy atom. The summed E-state index contributed by atoms with van der Waals surface area (Å²) in [6.07, 6.45) is 3.08. The zero-order chi connectivity index (χ0) is 10.4. The number of carbonyl (C=O) groups is 1. The monoisotopic (exact) mass is 263 g/mol. The van der Waals surface area contributed by atoms with E-state index in [0.717, 1.165) is 32.4 Å². The van der Waals surface area contributed by atoms with E-state index >= 15 is 0 Å². The van der Waals surface area contributed by atoms with Crippen molar-refractivity contribution in [1.82, 2.24) is 4.90 Å². The van der Waals surface area contributed by atoms with Crippen LogP contribution in [0.15, 0.2) is 0 Å². The molecule has 0 aromatic rings. The van der Waals surface area contributed by atoms with Crippen molar-refractivity contribution in [3.05, 3.63) is 0 Å². The molecule has 0 aromatic heterocycles. The van der Waals surface area contributed by atoms with E-state index in [1.807, 2.05) is 11.8 Å². The molecule has 0 spiro atoms. The molecule has 4 heteroatoms. The highest BCUT2D eigenvalue weighted by Gasteiger charge is 2.20. The average molecular weight is 264 g/mol. The Morgan fingerprint density at radius 3 is 2.71 bits per heavy atom. The minimum absolute atomic E-state index is 0.137. The first kappa shape index (κ1) is 12.0. The van der Waals surface area contributed by atoms with E-state index in [-0.39, 0.29) is 12.5 Å². The van der Waals surface area contributed by atoms with Crippen LogP contribution in [0.2, 0.25) is 0 Å². The van der Waals surface area contributed by atoms with Crippen LogP contribution in [0.4, 0.5) is 0 Å². The number of alkyl halides is 1. The van der Waals surface area contributed by atoms with Gasteiger partial charge in [-0.3, -0.25) is 4.79 Å². The first-order valence-electron chi connectivity index (χ1n) is 5.23. The second-order valence-corrected chi connectivity index (χ2v) is 4.90. The molecule has 1 amide bonds. The van der Waals surface area contributed by atoms with Gasteiger partial charge in [0.2, 0.25) is 5.91 Å². The van der Waals surface area contributed by atoms with Crippen LogP contribution in [-0.4, -0.2) is 41.9 Å². The Labute approximate surface area is 93.9 Å². The van der Waals surface area contributed by atoms with Gasteiger partial charge in [0.05, 0.1) is 0 Å². The summed E-state index contributed by atoms with van der Waals surface area (Å²) >= 11 is 3.56. The van der Waals surface area contributed by atoms with Crippen LogP contribution in [0.3, 0.4) is 0 Å². The molecule has 1 aliphatic heterocycles. The Kier molecular flexibility index (Phi) is 5.48. The summed E-state index contributed by atoms with van der Waals surface area (Å²) in [5.74, 6) is 0.137. The smallest absolute Gasteiger partial charge is 0.248 e. The Hall–Kier alpha value is -0.0900. The summed E-state index contributed by atoms with van der Waals surface area (Å²) in [5.41, 5.74) is 0. The van der Waals surface area contributed by atoms with Gasteiger partial charge in [0.25, 0.3) is 0 Å². The molecule has 3 nitrogen and oxygen atoms in total. The summed E-state index contributed by atoms with van der Waals surface area (Å²) in [7, 11) is 0. The molecule has 0 saturated carbocycles. The standard InChI is InChI=1S/C10H18BrNO2/c1-2-7-14-8-10(13)12-5-3-9(11)4-6-12/h9H,2-8H2,1H3. The number of hydrogen-bond donors (Lipinski definition) is 0. The number of ether oxygens (including phenoxy) is 1. The summed E-state index contributed by atoms with van der Waals surface area (Å²) in [4.78, 5) is 14.0. The van der Waals surface area contributed by atoms with Crippen molar-refractivity contribution in [3.63, 3.8) is 0 Å². The molecule has 1 aliphatic rings. The highest BCUT2D eigenvalue weighted by molar-refractivity contribution is 9.09. The van der Waals surface area contributed by atoms with E-state index in [2.05, 4.69) is 15.9 Å². The third kappa shape index (κ3) is 3.96. The molecule has 1 heterocycles. The van der Waals surface area contributed by atoms with Gasteiger partial charge >= 0.3 is 0 Å². The fourth-order valence-corrected chi connectivity index (χ4v) is 1.90. The molecule has 14 heavy (non-hydrogen) atoms. The lowest BCUT2D eigenvalue weighted by Crippen LogP contribution is -2.40. The maximum atomic E-state index is 11.6. The first-order chi connectivity index (χ1) is 6.74. The predicted octanol–water partition coefficient (Wildman–Crippen LogP) is 1.80. The number of amides is 1. The Balaban J connectivity index is 2.17. The second kappa shape index (κ2) is 6.40. The van der Waals surface area contributed by atoms with Crippen LogP contribution < -0.4 is 0 Å². The quantitative estimate of drug-likeness (QED) is 0.572.